The number of hydrogen-bond acceptors (Lipinski definition) is 3. The molecule has 0 aliphatic carbocycles. The molecule has 0 atom stereocenters. The molecule has 0 saturated carbocycles. The Bertz CT molecular complexity index is 677. The summed E-state index contributed by atoms with van der Waals surface area (Å²) in [5.41, 5.74) is 1.51. The van der Waals surface area contributed by atoms with Gasteiger partial charge in [-0.05, 0) is 37.3 Å². The predicted octanol–water partition coefficient (Wildman–Crippen LogP) is 2.65. The Hall–Kier alpha value is -2.74. The zero-order valence-electron chi connectivity index (χ0n) is 10.1. The molecule has 0 unspecified atom stereocenters. The lowest BCUT2D eigenvalue weighted by atomic mass is 10.1. The van der Waals surface area contributed by atoms with Crippen molar-refractivity contribution in [2.75, 3.05) is 5.32 Å². The molecule has 19 heavy (non-hydrogen) atoms. The minimum absolute atomic E-state index is 0.0825. The van der Waals surface area contributed by atoms with E-state index in [2.05, 4.69) is 10.3 Å². The summed E-state index contributed by atoms with van der Waals surface area (Å²) in [5.74, 6) is -0.886. The highest BCUT2D eigenvalue weighted by molar-refractivity contribution is 6.04. The van der Waals surface area contributed by atoms with Gasteiger partial charge in [0, 0.05) is 17.5 Å². The molecule has 0 aliphatic heterocycles. The Morgan fingerprint density at radius 1 is 1.37 bits per heavy atom. The van der Waals surface area contributed by atoms with Crippen molar-refractivity contribution >= 4 is 11.6 Å². The second-order valence-electron chi connectivity index (χ2n) is 3.94. The number of nitrogens with zero attached hydrogens (tertiary/aromatic N) is 2. The summed E-state index contributed by atoms with van der Waals surface area (Å²) in [6, 6.07) is 8.66. The number of carbonyl (C=O) groups excluding carboxylic acids is 1. The van der Waals surface area contributed by atoms with Gasteiger partial charge in [-0.25, -0.2) is 4.39 Å². The molecule has 94 valence electrons. The van der Waals surface area contributed by atoms with Crippen LogP contribution in [0, 0.1) is 24.1 Å². The third-order valence-electron chi connectivity index (χ3n) is 2.51. The summed E-state index contributed by atoms with van der Waals surface area (Å²) in [6.07, 6.45) is 1.53. The van der Waals surface area contributed by atoms with Crippen LogP contribution in [-0.4, -0.2) is 10.9 Å². The van der Waals surface area contributed by atoms with Crippen LogP contribution in [0.15, 0.2) is 36.5 Å². The van der Waals surface area contributed by atoms with E-state index in [1.54, 1.807) is 19.1 Å². The Balaban J connectivity index is 2.27. The van der Waals surface area contributed by atoms with Crippen LogP contribution in [0.4, 0.5) is 10.1 Å². The third-order valence-corrected chi connectivity index (χ3v) is 2.51. The van der Waals surface area contributed by atoms with Gasteiger partial charge in [-0.2, -0.15) is 5.26 Å². The van der Waals surface area contributed by atoms with Crippen molar-refractivity contribution in [3.05, 3.63) is 59.2 Å². The molecule has 1 N–H and O–H groups in total. The van der Waals surface area contributed by atoms with Crippen LogP contribution in [-0.2, 0) is 0 Å². The molecule has 2 rings (SSSR count). The normalized spacial score (nSPS) is 9.74. The number of aryl methyl sites for hydroxylation is 1. The number of nitriles is 1. The van der Waals surface area contributed by atoms with E-state index in [0.29, 0.717) is 11.3 Å². The van der Waals surface area contributed by atoms with E-state index in [-0.39, 0.29) is 17.2 Å². The van der Waals surface area contributed by atoms with E-state index in [1.165, 1.54) is 18.3 Å². The Labute approximate surface area is 109 Å². The van der Waals surface area contributed by atoms with Gasteiger partial charge >= 0.3 is 0 Å². The summed E-state index contributed by atoms with van der Waals surface area (Å²) in [4.78, 5) is 16.0. The molecule has 5 heteroatoms. The second-order valence-corrected chi connectivity index (χ2v) is 3.94. The molecule has 0 saturated heterocycles. The molecule has 0 bridgehead atoms. The maximum absolute atomic E-state index is 13.0. The molecule has 1 aromatic carbocycles. The average Bonchev–Trinajstić information content (AvgIpc) is 2.40. The van der Waals surface area contributed by atoms with Gasteiger partial charge in [0.25, 0.3) is 5.91 Å². The first kappa shape index (κ1) is 12.7. The summed E-state index contributed by atoms with van der Waals surface area (Å²) >= 11 is 0. The first-order valence-electron chi connectivity index (χ1n) is 5.54. The molecule has 0 fully saturated rings. The monoisotopic (exact) mass is 255 g/mol. The van der Waals surface area contributed by atoms with Crippen LogP contribution in [0.1, 0.15) is 21.6 Å². The van der Waals surface area contributed by atoms with E-state index in [1.807, 2.05) is 6.07 Å². The number of rotatable bonds is 2. The number of aromatic nitrogens is 1. The predicted molar refractivity (Wildman–Crippen MR) is 68.0 cm³/mol. The average molecular weight is 255 g/mol. The van der Waals surface area contributed by atoms with E-state index in [9.17, 15) is 9.18 Å². The number of anilines is 1. The zero-order chi connectivity index (χ0) is 13.8. The molecule has 0 aliphatic rings. The fraction of sp³-hybridized carbons (Fsp3) is 0.0714. The molecule has 1 amide bonds. The molecular weight excluding hydrogens is 245 g/mol. The van der Waals surface area contributed by atoms with E-state index in [4.69, 9.17) is 5.26 Å². The minimum atomic E-state index is -0.519. The van der Waals surface area contributed by atoms with Crippen LogP contribution >= 0.6 is 0 Å². The third kappa shape index (κ3) is 2.93. The van der Waals surface area contributed by atoms with Gasteiger partial charge in [0.15, 0.2) is 0 Å². The molecule has 1 heterocycles. The van der Waals surface area contributed by atoms with E-state index >= 15 is 0 Å². The molecule has 1 aromatic heterocycles. The van der Waals surface area contributed by atoms with Crippen LogP contribution in [0.2, 0.25) is 0 Å². The number of halogens is 1. The lowest BCUT2D eigenvalue weighted by Crippen LogP contribution is -2.13. The number of nitrogens with one attached hydrogen (secondary N) is 1. The highest BCUT2D eigenvalue weighted by Crippen LogP contribution is 2.17. The van der Waals surface area contributed by atoms with Crippen LogP contribution < -0.4 is 5.32 Å². The Kier molecular flexibility index (Phi) is 3.53. The van der Waals surface area contributed by atoms with Gasteiger partial charge in [0.05, 0.1) is 11.3 Å². The van der Waals surface area contributed by atoms with Gasteiger partial charge in [0.2, 0.25) is 0 Å². The van der Waals surface area contributed by atoms with Crippen molar-refractivity contribution in [1.82, 2.24) is 4.98 Å². The zero-order valence-corrected chi connectivity index (χ0v) is 10.1. The first-order chi connectivity index (χ1) is 9.10. The molecule has 4 nitrogen and oxygen atoms in total. The van der Waals surface area contributed by atoms with E-state index in [0.717, 1.165) is 6.07 Å². The van der Waals surface area contributed by atoms with Crippen molar-refractivity contribution < 1.29 is 9.18 Å². The fourth-order valence-electron chi connectivity index (χ4n) is 1.60. The van der Waals surface area contributed by atoms with Gasteiger partial charge < -0.3 is 5.32 Å². The van der Waals surface area contributed by atoms with Gasteiger partial charge in [-0.1, -0.05) is 0 Å². The summed E-state index contributed by atoms with van der Waals surface area (Å²) < 4.78 is 13.0. The number of hydrogen-bond donors (Lipinski definition) is 1. The summed E-state index contributed by atoms with van der Waals surface area (Å²) in [5, 5.41) is 11.5. The van der Waals surface area contributed by atoms with Crippen LogP contribution in [0.5, 0.6) is 0 Å². The van der Waals surface area contributed by atoms with Crippen LogP contribution in [0.3, 0.4) is 0 Å². The topological polar surface area (TPSA) is 65.8 Å². The highest BCUT2D eigenvalue weighted by atomic mass is 19.1. The summed E-state index contributed by atoms with van der Waals surface area (Å²) in [6.45, 7) is 1.77. The highest BCUT2D eigenvalue weighted by Gasteiger charge is 2.10. The lowest BCUT2D eigenvalue weighted by molar-refractivity contribution is 0.102. The first-order valence-corrected chi connectivity index (χ1v) is 5.54. The van der Waals surface area contributed by atoms with E-state index < -0.39 is 5.82 Å². The summed E-state index contributed by atoms with van der Waals surface area (Å²) in [7, 11) is 0. The van der Waals surface area contributed by atoms with Crippen molar-refractivity contribution in [2.45, 2.75) is 6.92 Å². The largest absolute Gasteiger partial charge is 0.321 e. The number of benzene rings is 1. The fourth-order valence-corrected chi connectivity index (χ4v) is 1.60. The Morgan fingerprint density at radius 2 is 2.16 bits per heavy atom. The van der Waals surface area contributed by atoms with Gasteiger partial charge in [0.1, 0.15) is 11.9 Å². The van der Waals surface area contributed by atoms with Gasteiger partial charge in [-0.3, -0.25) is 9.78 Å². The standard InChI is InChI=1S/C14H10FN3O/c1-9-6-10(4-5-17-9)14(19)18-13-3-2-12(15)7-11(13)8-16/h2-7H,1H3,(H,18,19). The van der Waals surface area contributed by atoms with Crippen molar-refractivity contribution in [3.8, 4) is 6.07 Å². The van der Waals surface area contributed by atoms with Crippen molar-refractivity contribution in [2.24, 2.45) is 0 Å². The second kappa shape index (κ2) is 5.27. The van der Waals surface area contributed by atoms with Crippen molar-refractivity contribution in [3.63, 3.8) is 0 Å². The lowest BCUT2D eigenvalue weighted by Gasteiger charge is -2.07. The smallest absolute Gasteiger partial charge is 0.255 e. The molecule has 0 spiro atoms. The number of carbonyl (C=O) groups is 1. The van der Waals surface area contributed by atoms with Gasteiger partial charge in [-0.15, -0.1) is 0 Å². The quantitative estimate of drug-likeness (QED) is 0.897. The minimum Gasteiger partial charge on any atom is -0.321 e. The molecule has 2 aromatic rings. The van der Waals surface area contributed by atoms with Crippen LogP contribution in [0.25, 0.3) is 0 Å². The molecular formula is C14H10FN3O. The number of pyridine rings is 1. The maximum atomic E-state index is 13.0. The number of amides is 1. The molecule has 0 radical (unpaired) electrons. The SMILES string of the molecule is Cc1cc(C(=O)Nc2ccc(F)cc2C#N)ccn1. The Morgan fingerprint density at radius 3 is 2.84 bits per heavy atom. The van der Waals surface area contributed by atoms with Crippen molar-refractivity contribution in [1.29, 1.82) is 5.26 Å². The maximum Gasteiger partial charge on any atom is 0.255 e.